The Balaban J connectivity index is 1.80. The second-order valence-electron chi connectivity index (χ2n) is 7.13. The minimum absolute atomic E-state index is 0.188. The Morgan fingerprint density at radius 1 is 1.23 bits per heavy atom. The molecule has 0 spiro atoms. The quantitative estimate of drug-likeness (QED) is 0.893. The summed E-state index contributed by atoms with van der Waals surface area (Å²) in [6, 6.07) is 0. The van der Waals surface area contributed by atoms with Crippen molar-refractivity contribution in [2.75, 3.05) is 50.8 Å². The molecule has 2 saturated heterocycles. The summed E-state index contributed by atoms with van der Waals surface area (Å²) < 4.78 is 7.54. The number of morpholine rings is 1. The van der Waals surface area contributed by atoms with Crippen LogP contribution in [0.3, 0.4) is 0 Å². The van der Waals surface area contributed by atoms with E-state index >= 15 is 0 Å². The molecule has 3 rings (SSSR count). The zero-order valence-electron chi connectivity index (χ0n) is 14.4. The smallest absolute Gasteiger partial charge is 0.131 e. The Kier molecular flexibility index (Phi) is 4.43. The predicted molar refractivity (Wildman–Crippen MR) is 88.3 cm³/mol. The van der Waals surface area contributed by atoms with E-state index in [0.29, 0.717) is 0 Å². The van der Waals surface area contributed by atoms with Gasteiger partial charge < -0.3 is 15.0 Å². The second-order valence-corrected chi connectivity index (χ2v) is 7.13. The molecule has 1 N–H and O–H groups in total. The van der Waals surface area contributed by atoms with Crippen molar-refractivity contribution < 1.29 is 4.74 Å². The van der Waals surface area contributed by atoms with Crippen LogP contribution in [0.4, 0.5) is 5.82 Å². The van der Waals surface area contributed by atoms with Crippen LogP contribution in [0.2, 0.25) is 0 Å². The third kappa shape index (κ3) is 3.29. The monoisotopic (exact) mass is 307 g/mol. The van der Waals surface area contributed by atoms with Crippen LogP contribution in [0.25, 0.3) is 0 Å². The minimum Gasteiger partial charge on any atom is -0.378 e. The first-order chi connectivity index (χ1) is 10.5. The molecule has 2 fully saturated rings. The van der Waals surface area contributed by atoms with Crippen LogP contribution < -0.4 is 10.2 Å². The average Bonchev–Trinajstić information content (AvgIpc) is 2.73. The number of hydrogen-bond acceptors (Lipinski definition) is 5. The van der Waals surface area contributed by atoms with Crippen molar-refractivity contribution in [3.63, 3.8) is 0 Å². The Morgan fingerprint density at radius 2 is 1.95 bits per heavy atom. The summed E-state index contributed by atoms with van der Waals surface area (Å²) in [6.07, 6.45) is 0. The van der Waals surface area contributed by atoms with E-state index in [1.165, 1.54) is 11.4 Å². The Morgan fingerprint density at radius 3 is 2.64 bits per heavy atom. The maximum absolute atomic E-state index is 5.49. The van der Waals surface area contributed by atoms with Crippen LogP contribution in [0.5, 0.6) is 0 Å². The molecule has 3 heterocycles. The summed E-state index contributed by atoms with van der Waals surface area (Å²) in [5.41, 5.74) is 2.72. The van der Waals surface area contributed by atoms with E-state index in [1.807, 2.05) is 4.68 Å². The van der Waals surface area contributed by atoms with E-state index in [0.717, 1.165) is 58.2 Å². The number of hydrogen-bond donors (Lipinski definition) is 1. The number of aromatic nitrogens is 2. The summed E-state index contributed by atoms with van der Waals surface area (Å²) in [7, 11) is 2.06. The first-order valence-corrected chi connectivity index (χ1v) is 8.29. The molecule has 0 aliphatic carbocycles. The first kappa shape index (κ1) is 15.8. The fraction of sp³-hybridized carbons (Fsp3) is 0.812. The molecule has 6 nitrogen and oxygen atoms in total. The van der Waals surface area contributed by atoms with E-state index < -0.39 is 0 Å². The zero-order valence-corrected chi connectivity index (χ0v) is 14.4. The fourth-order valence-electron chi connectivity index (χ4n) is 3.65. The van der Waals surface area contributed by atoms with Crippen LogP contribution in [-0.4, -0.2) is 66.2 Å². The molecule has 22 heavy (non-hydrogen) atoms. The largest absolute Gasteiger partial charge is 0.378 e. The van der Waals surface area contributed by atoms with Crippen molar-refractivity contribution >= 4 is 5.82 Å². The van der Waals surface area contributed by atoms with E-state index in [-0.39, 0.29) is 5.54 Å². The van der Waals surface area contributed by atoms with Crippen LogP contribution in [-0.2, 0) is 18.3 Å². The SMILES string of the molecule is Cc1nn(C)c(N2CCOCC2)c1CN1CCNC(C)(C)C1. The third-order valence-corrected chi connectivity index (χ3v) is 4.66. The zero-order chi connectivity index (χ0) is 15.7. The number of aryl methyl sites for hydroxylation is 2. The maximum atomic E-state index is 5.49. The van der Waals surface area contributed by atoms with E-state index in [1.54, 1.807) is 0 Å². The topological polar surface area (TPSA) is 45.6 Å². The molecule has 0 aromatic carbocycles. The van der Waals surface area contributed by atoms with Gasteiger partial charge in [-0.2, -0.15) is 5.10 Å². The van der Waals surface area contributed by atoms with Gasteiger partial charge in [-0.3, -0.25) is 9.58 Å². The summed E-state index contributed by atoms with van der Waals surface area (Å²) in [5.74, 6) is 1.28. The molecule has 0 unspecified atom stereocenters. The average molecular weight is 307 g/mol. The Hall–Kier alpha value is -1.11. The lowest BCUT2D eigenvalue weighted by molar-refractivity contribution is 0.121. The van der Waals surface area contributed by atoms with Gasteiger partial charge in [0, 0.05) is 57.4 Å². The van der Waals surface area contributed by atoms with Crippen LogP contribution in [0, 0.1) is 6.92 Å². The highest BCUT2D eigenvalue weighted by Crippen LogP contribution is 2.26. The minimum atomic E-state index is 0.188. The van der Waals surface area contributed by atoms with Gasteiger partial charge in [0.05, 0.1) is 18.9 Å². The Labute approximate surface area is 133 Å². The highest BCUT2D eigenvalue weighted by atomic mass is 16.5. The van der Waals surface area contributed by atoms with E-state index in [9.17, 15) is 0 Å². The third-order valence-electron chi connectivity index (χ3n) is 4.66. The van der Waals surface area contributed by atoms with Crippen LogP contribution in [0.15, 0.2) is 0 Å². The lowest BCUT2D eigenvalue weighted by Crippen LogP contribution is -2.56. The molecule has 0 atom stereocenters. The number of piperazine rings is 1. The highest BCUT2D eigenvalue weighted by Gasteiger charge is 2.28. The number of nitrogens with one attached hydrogen (secondary N) is 1. The molecule has 0 amide bonds. The van der Waals surface area contributed by atoms with Crippen molar-refractivity contribution in [3.05, 3.63) is 11.3 Å². The highest BCUT2D eigenvalue weighted by molar-refractivity contribution is 5.50. The van der Waals surface area contributed by atoms with Gasteiger partial charge in [-0.1, -0.05) is 0 Å². The fourth-order valence-corrected chi connectivity index (χ4v) is 3.65. The summed E-state index contributed by atoms with van der Waals surface area (Å²) in [5, 5.41) is 8.26. The normalized spacial score (nSPS) is 23.0. The van der Waals surface area contributed by atoms with Gasteiger partial charge in [0.15, 0.2) is 0 Å². The number of nitrogens with zero attached hydrogens (tertiary/aromatic N) is 4. The second kappa shape index (κ2) is 6.18. The van der Waals surface area contributed by atoms with Crippen LogP contribution >= 0.6 is 0 Å². The molecule has 0 saturated carbocycles. The number of anilines is 1. The van der Waals surface area contributed by atoms with Gasteiger partial charge in [-0.05, 0) is 20.8 Å². The van der Waals surface area contributed by atoms with Gasteiger partial charge in [0.25, 0.3) is 0 Å². The van der Waals surface area contributed by atoms with E-state index in [4.69, 9.17) is 4.74 Å². The van der Waals surface area contributed by atoms with Gasteiger partial charge in [-0.15, -0.1) is 0 Å². The molecular formula is C16H29N5O. The molecule has 124 valence electrons. The van der Waals surface area contributed by atoms with Crippen molar-refractivity contribution in [1.29, 1.82) is 0 Å². The molecule has 1 aromatic heterocycles. The van der Waals surface area contributed by atoms with Crippen molar-refractivity contribution in [2.24, 2.45) is 7.05 Å². The molecule has 2 aliphatic rings. The van der Waals surface area contributed by atoms with Crippen molar-refractivity contribution in [3.8, 4) is 0 Å². The lowest BCUT2D eigenvalue weighted by atomic mass is 10.0. The number of rotatable bonds is 3. The van der Waals surface area contributed by atoms with E-state index in [2.05, 4.69) is 48.0 Å². The molecule has 2 aliphatic heterocycles. The van der Waals surface area contributed by atoms with Gasteiger partial charge in [-0.25, -0.2) is 0 Å². The predicted octanol–water partition coefficient (Wildman–Crippen LogP) is 0.749. The van der Waals surface area contributed by atoms with Crippen LogP contribution in [0.1, 0.15) is 25.1 Å². The maximum Gasteiger partial charge on any atom is 0.131 e. The summed E-state index contributed by atoms with van der Waals surface area (Å²) in [4.78, 5) is 4.97. The van der Waals surface area contributed by atoms with Gasteiger partial charge in [0.2, 0.25) is 0 Å². The summed E-state index contributed by atoms with van der Waals surface area (Å²) >= 11 is 0. The molecule has 1 aromatic rings. The van der Waals surface area contributed by atoms with Crippen molar-refractivity contribution in [1.82, 2.24) is 20.0 Å². The van der Waals surface area contributed by atoms with Gasteiger partial charge in [0.1, 0.15) is 5.82 Å². The standard InChI is InChI=1S/C16H29N5O/c1-13-14(11-20-6-5-17-16(2,3)12-20)15(19(4)18-13)21-7-9-22-10-8-21/h17H,5-12H2,1-4H3. The molecule has 0 bridgehead atoms. The molecule has 6 heteroatoms. The van der Waals surface area contributed by atoms with Crippen molar-refractivity contribution in [2.45, 2.75) is 32.9 Å². The van der Waals surface area contributed by atoms with Gasteiger partial charge >= 0.3 is 0 Å². The summed E-state index contributed by atoms with van der Waals surface area (Å²) in [6.45, 7) is 14.4. The first-order valence-electron chi connectivity index (χ1n) is 8.29. The Bertz CT molecular complexity index is 519. The number of ether oxygens (including phenoxy) is 1. The lowest BCUT2D eigenvalue weighted by Gasteiger charge is -2.39. The molecule has 0 radical (unpaired) electrons. The molecular weight excluding hydrogens is 278 g/mol.